The Kier molecular flexibility index (Phi) is 4.09. The van der Waals surface area contributed by atoms with E-state index in [2.05, 4.69) is 25.7 Å². The minimum absolute atomic E-state index is 0.127. The molecule has 11 heteroatoms. The number of rotatable bonds is 3. The molecule has 0 fully saturated rings. The van der Waals surface area contributed by atoms with Crippen LogP contribution in [0.3, 0.4) is 0 Å². The summed E-state index contributed by atoms with van der Waals surface area (Å²) in [5, 5.41) is 19.9. The first-order valence-corrected chi connectivity index (χ1v) is 8.84. The molecule has 1 aromatic carbocycles. The number of amides is 1. The number of hydrogen-bond donors (Lipinski definition) is 0. The molecule has 0 spiro atoms. The molecular weight excluding hydrogens is 364 g/mol. The summed E-state index contributed by atoms with van der Waals surface area (Å²) in [5.74, 6) is 0.215. The van der Waals surface area contributed by atoms with E-state index in [1.54, 1.807) is 17.0 Å². The average molecular weight is 384 g/mol. The molecule has 0 unspecified atom stereocenters. The lowest BCUT2D eigenvalue weighted by Crippen LogP contribution is -2.50. The Hall–Kier alpha value is -3.37. The fraction of sp³-hybridized carbons (Fsp3) is 0.471. The molecule has 0 N–H and O–H groups in total. The second-order valence-corrected chi connectivity index (χ2v) is 7.72. The summed E-state index contributed by atoms with van der Waals surface area (Å²) in [7, 11) is 0. The Morgan fingerprint density at radius 1 is 1.21 bits per heavy atom. The van der Waals surface area contributed by atoms with Crippen molar-refractivity contribution in [2.24, 2.45) is 0 Å². The van der Waals surface area contributed by atoms with E-state index >= 15 is 0 Å². The molecule has 146 valence electrons. The van der Waals surface area contributed by atoms with Gasteiger partial charge in [-0.3, -0.25) is 9.59 Å². The molecule has 0 saturated heterocycles. The van der Waals surface area contributed by atoms with Gasteiger partial charge < -0.3 is 9.64 Å². The summed E-state index contributed by atoms with van der Waals surface area (Å²) in [4.78, 5) is 28.8. The van der Waals surface area contributed by atoms with E-state index in [1.165, 1.54) is 15.8 Å². The fourth-order valence-corrected chi connectivity index (χ4v) is 3.08. The largest absolute Gasteiger partial charge is 0.472 e. The number of tetrazole rings is 1. The van der Waals surface area contributed by atoms with Crippen molar-refractivity contribution in [3.05, 3.63) is 34.4 Å². The number of carbonyl (C=O) groups is 1. The molecule has 0 saturated carbocycles. The molecule has 28 heavy (non-hydrogen) atoms. The molecule has 4 rings (SSSR count). The van der Waals surface area contributed by atoms with Gasteiger partial charge in [0.2, 0.25) is 0 Å². The van der Waals surface area contributed by atoms with E-state index in [-0.39, 0.29) is 29.8 Å². The molecule has 0 bridgehead atoms. The third kappa shape index (κ3) is 2.98. The molecule has 1 atom stereocenters. The standard InChI is InChI=1S/C17H20N8O3/c1-10(7-24-19-8-18-21-24)25-16(27)11-6-14-12(5-13(11)20-22-25)15(26)23(9-28-14)17(2,3)4/h5-6,8,10H,7,9H2,1-4H3/t10-/m1/s1. The topological polar surface area (TPSA) is 121 Å². The van der Waals surface area contributed by atoms with Crippen LogP contribution in [0.1, 0.15) is 44.1 Å². The van der Waals surface area contributed by atoms with Crippen LogP contribution in [0.4, 0.5) is 0 Å². The highest BCUT2D eigenvalue weighted by molar-refractivity contribution is 6.01. The minimum atomic E-state index is -0.385. The monoisotopic (exact) mass is 384 g/mol. The zero-order chi connectivity index (χ0) is 20.1. The van der Waals surface area contributed by atoms with Crippen LogP contribution in [-0.2, 0) is 6.54 Å². The van der Waals surface area contributed by atoms with Crippen LogP contribution in [-0.4, -0.2) is 58.3 Å². The van der Waals surface area contributed by atoms with Crippen molar-refractivity contribution in [3.8, 4) is 5.75 Å². The summed E-state index contributed by atoms with van der Waals surface area (Å²) in [5.41, 5.74) is 0.0115. The van der Waals surface area contributed by atoms with Gasteiger partial charge in [0.15, 0.2) is 13.1 Å². The van der Waals surface area contributed by atoms with Crippen LogP contribution >= 0.6 is 0 Å². The minimum Gasteiger partial charge on any atom is -0.472 e. The first-order chi connectivity index (χ1) is 13.3. The van der Waals surface area contributed by atoms with Gasteiger partial charge in [-0.1, -0.05) is 5.21 Å². The number of aromatic nitrogens is 7. The first kappa shape index (κ1) is 18.0. The molecule has 2 aromatic heterocycles. The second-order valence-electron chi connectivity index (χ2n) is 7.72. The maximum atomic E-state index is 12.9. The van der Waals surface area contributed by atoms with Crippen molar-refractivity contribution < 1.29 is 9.53 Å². The molecule has 1 amide bonds. The SMILES string of the molecule is C[C@H](Cn1ncnn1)n1nnc2cc3c(cc2c1=O)OCN(C(C)(C)C)C3=O. The molecule has 0 radical (unpaired) electrons. The van der Waals surface area contributed by atoms with Crippen LogP contribution in [0.2, 0.25) is 0 Å². The van der Waals surface area contributed by atoms with E-state index in [4.69, 9.17) is 4.74 Å². The van der Waals surface area contributed by atoms with Crippen LogP contribution in [0.5, 0.6) is 5.75 Å². The third-order valence-corrected chi connectivity index (χ3v) is 4.66. The predicted octanol–water partition coefficient (Wildman–Crippen LogP) is 0.630. The number of fused-ring (bicyclic) bond motifs is 2. The van der Waals surface area contributed by atoms with Crippen LogP contribution < -0.4 is 10.3 Å². The molecule has 3 aromatic rings. The van der Waals surface area contributed by atoms with E-state index in [9.17, 15) is 9.59 Å². The number of hydrogen-bond acceptors (Lipinski definition) is 8. The van der Waals surface area contributed by atoms with Gasteiger partial charge in [0.05, 0.1) is 23.5 Å². The van der Waals surface area contributed by atoms with Gasteiger partial charge in [0.1, 0.15) is 11.3 Å². The maximum Gasteiger partial charge on any atom is 0.278 e. The van der Waals surface area contributed by atoms with Gasteiger partial charge in [0.25, 0.3) is 11.5 Å². The lowest BCUT2D eigenvalue weighted by atomic mass is 10.0. The van der Waals surface area contributed by atoms with Gasteiger partial charge in [-0.25, -0.2) is 4.68 Å². The Labute approximate surface area is 159 Å². The zero-order valence-electron chi connectivity index (χ0n) is 16.0. The number of ether oxygens (including phenoxy) is 1. The lowest BCUT2D eigenvalue weighted by Gasteiger charge is -2.38. The summed E-state index contributed by atoms with van der Waals surface area (Å²) in [6, 6.07) is 2.79. The number of nitrogens with zero attached hydrogens (tertiary/aromatic N) is 8. The first-order valence-electron chi connectivity index (χ1n) is 8.84. The Bertz CT molecular complexity index is 1100. The van der Waals surface area contributed by atoms with Crippen molar-refractivity contribution in [1.82, 2.24) is 40.1 Å². The molecule has 1 aliphatic heterocycles. The van der Waals surface area contributed by atoms with E-state index < -0.39 is 0 Å². The Balaban J connectivity index is 1.74. The summed E-state index contributed by atoms with van der Waals surface area (Å²) < 4.78 is 7.03. The van der Waals surface area contributed by atoms with Gasteiger partial charge in [0, 0.05) is 5.54 Å². The normalized spacial score (nSPS) is 15.4. The summed E-state index contributed by atoms with van der Waals surface area (Å²) in [6.45, 7) is 8.06. The van der Waals surface area contributed by atoms with Crippen molar-refractivity contribution >= 4 is 16.8 Å². The Morgan fingerprint density at radius 3 is 2.68 bits per heavy atom. The quantitative estimate of drug-likeness (QED) is 0.645. The predicted molar refractivity (Wildman–Crippen MR) is 97.7 cm³/mol. The van der Waals surface area contributed by atoms with Crippen molar-refractivity contribution in [2.75, 3.05) is 6.73 Å². The van der Waals surface area contributed by atoms with Gasteiger partial charge in [-0.05, 0) is 45.0 Å². The van der Waals surface area contributed by atoms with Crippen LogP contribution in [0, 0.1) is 0 Å². The van der Waals surface area contributed by atoms with Gasteiger partial charge in [-0.15, -0.1) is 15.3 Å². The third-order valence-electron chi connectivity index (χ3n) is 4.66. The van der Waals surface area contributed by atoms with E-state index in [1.807, 2.05) is 27.7 Å². The second kappa shape index (κ2) is 6.36. The molecule has 1 aliphatic rings. The summed E-state index contributed by atoms with van der Waals surface area (Å²) >= 11 is 0. The van der Waals surface area contributed by atoms with Crippen molar-refractivity contribution in [3.63, 3.8) is 0 Å². The molecular formula is C17H20N8O3. The highest BCUT2D eigenvalue weighted by Crippen LogP contribution is 2.31. The smallest absolute Gasteiger partial charge is 0.278 e. The van der Waals surface area contributed by atoms with Crippen molar-refractivity contribution in [1.29, 1.82) is 0 Å². The Morgan fingerprint density at radius 2 is 2.00 bits per heavy atom. The molecule has 11 nitrogen and oxygen atoms in total. The van der Waals surface area contributed by atoms with Crippen LogP contribution in [0.25, 0.3) is 10.9 Å². The molecule has 0 aliphatic carbocycles. The fourth-order valence-electron chi connectivity index (χ4n) is 3.08. The zero-order valence-corrected chi connectivity index (χ0v) is 16.0. The summed E-state index contributed by atoms with van der Waals surface area (Å²) in [6.07, 6.45) is 1.32. The van der Waals surface area contributed by atoms with E-state index in [0.717, 1.165) is 0 Å². The van der Waals surface area contributed by atoms with Gasteiger partial charge in [-0.2, -0.15) is 4.80 Å². The molecule has 3 heterocycles. The highest BCUT2D eigenvalue weighted by Gasteiger charge is 2.34. The number of benzene rings is 1. The van der Waals surface area contributed by atoms with Crippen LogP contribution in [0.15, 0.2) is 23.3 Å². The highest BCUT2D eigenvalue weighted by atomic mass is 16.5. The maximum absolute atomic E-state index is 12.9. The average Bonchev–Trinajstić information content (AvgIpc) is 3.13. The van der Waals surface area contributed by atoms with Crippen molar-refractivity contribution in [2.45, 2.75) is 45.8 Å². The lowest BCUT2D eigenvalue weighted by molar-refractivity contribution is 0.0232. The van der Waals surface area contributed by atoms with E-state index in [0.29, 0.717) is 28.8 Å². The van der Waals surface area contributed by atoms with Gasteiger partial charge >= 0.3 is 0 Å². The number of carbonyl (C=O) groups excluding carboxylic acids is 1.